The summed E-state index contributed by atoms with van der Waals surface area (Å²) in [5.41, 5.74) is 0.543. The van der Waals surface area contributed by atoms with E-state index in [-0.39, 0.29) is 5.75 Å². The Kier molecular flexibility index (Phi) is 3.28. The van der Waals surface area contributed by atoms with Crippen molar-refractivity contribution in [3.8, 4) is 5.75 Å². The first-order chi connectivity index (χ1) is 8.59. The Bertz CT molecular complexity index is 619. The summed E-state index contributed by atoms with van der Waals surface area (Å²) in [6.45, 7) is 1.49. The zero-order chi connectivity index (χ0) is 13.1. The second-order valence-electron chi connectivity index (χ2n) is 4.01. The number of carboxylic acids is 1. The van der Waals surface area contributed by atoms with E-state index in [0.29, 0.717) is 5.56 Å². The number of fused-ring (bicyclic) bond motifs is 1. The number of carboxylic acid groups (broad SMARTS) is 1. The molecule has 4 heteroatoms. The zero-order valence-corrected chi connectivity index (χ0v) is 9.87. The second kappa shape index (κ2) is 4.87. The Morgan fingerprint density at radius 2 is 2.00 bits per heavy atom. The molecule has 0 aromatic heterocycles. The van der Waals surface area contributed by atoms with Gasteiger partial charge in [-0.1, -0.05) is 30.3 Å². The number of aliphatic carboxylic acids is 1. The molecular weight excluding hydrogens is 230 g/mol. The van der Waals surface area contributed by atoms with Gasteiger partial charge in [-0.05, 0) is 23.8 Å². The lowest BCUT2D eigenvalue weighted by Gasteiger charge is -2.05. The molecule has 0 saturated heterocycles. The minimum atomic E-state index is -0.994. The van der Waals surface area contributed by atoms with E-state index in [1.807, 2.05) is 30.3 Å². The quantitative estimate of drug-likeness (QED) is 0.813. The third-order valence-electron chi connectivity index (χ3n) is 2.73. The molecule has 0 aliphatic carbocycles. The van der Waals surface area contributed by atoms with Gasteiger partial charge >= 0.3 is 5.97 Å². The molecule has 2 rings (SSSR count). The maximum absolute atomic E-state index is 10.7. The predicted octanol–water partition coefficient (Wildman–Crippen LogP) is 2.44. The average Bonchev–Trinajstić information content (AvgIpc) is 2.37. The van der Waals surface area contributed by atoms with Gasteiger partial charge in [-0.2, -0.15) is 0 Å². The number of hydrogen-bond donors (Lipinski definition) is 2. The molecule has 18 heavy (non-hydrogen) atoms. The predicted molar refractivity (Wildman–Crippen MR) is 70.3 cm³/mol. The molecule has 0 aliphatic rings. The fraction of sp³-hybridized carbons (Fsp3) is 0.143. The minimum Gasteiger partial charge on any atom is -0.507 e. The first-order valence-corrected chi connectivity index (χ1v) is 5.56. The number of carbonyl (C=O) groups is 1. The van der Waals surface area contributed by atoms with Crippen LogP contribution in [-0.2, 0) is 4.79 Å². The molecule has 0 heterocycles. The Labute approximate surface area is 104 Å². The third-order valence-corrected chi connectivity index (χ3v) is 2.73. The molecule has 0 amide bonds. The highest BCUT2D eigenvalue weighted by Crippen LogP contribution is 2.25. The number of aliphatic imine (C=N–C) groups is 1. The van der Waals surface area contributed by atoms with Crippen LogP contribution in [0.1, 0.15) is 12.5 Å². The van der Waals surface area contributed by atoms with Gasteiger partial charge in [0.1, 0.15) is 11.8 Å². The number of aromatic hydroxyl groups is 1. The van der Waals surface area contributed by atoms with Gasteiger partial charge in [-0.15, -0.1) is 0 Å². The van der Waals surface area contributed by atoms with Gasteiger partial charge in [0.25, 0.3) is 0 Å². The summed E-state index contributed by atoms with van der Waals surface area (Å²) in [7, 11) is 0. The van der Waals surface area contributed by atoms with Crippen LogP contribution in [0.4, 0.5) is 0 Å². The van der Waals surface area contributed by atoms with Crippen molar-refractivity contribution in [1.29, 1.82) is 0 Å². The van der Waals surface area contributed by atoms with Crippen molar-refractivity contribution < 1.29 is 15.0 Å². The van der Waals surface area contributed by atoms with Crippen LogP contribution in [0.5, 0.6) is 5.75 Å². The molecular formula is C14H13NO3. The first kappa shape index (κ1) is 12.1. The molecule has 2 aromatic carbocycles. The lowest BCUT2D eigenvalue weighted by atomic mass is 10.0. The molecule has 0 saturated carbocycles. The van der Waals surface area contributed by atoms with E-state index in [1.54, 1.807) is 6.07 Å². The van der Waals surface area contributed by atoms with Gasteiger partial charge in [-0.3, -0.25) is 4.99 Å². The van der Waals surface area contributed by atoms with Crippen molar-refractivity contribution in [2.24, 2.45) is 4.99 Å². The maximum atomic E-state index is 10.7. The summed E-state index contributed by atoms with van der Waals surface area (Å²) in [5.74, 6) is -0.902. The molecule has 2 N–H and O–H groups in total. The van der Waals surface area contributed by atoms with E-state index in [9.17, 15) is 9.90 Å². The van der Waals surface area contributed by atoms with Crippen LogP contribution in [-0.4, -0.2) is 28.4 Å². The third kappa shape index (κ3) is 2.32. The number of rotatable bonds is 3. The maximum Gasteiger partial charge on any atom is 0.328 e. The lowest BCUT2D eigenvalue weighted by Crippen LogP contribution is -2.13. The van der Waals surface area contributed by atoms with Gasteiger partial charge in [-0.25, -0.2) is 4.79 Å². The summed E-state index contributed by atoms with van der Waals surface area (Å²) >= 11 is 0. The van der Waals surface area contributed by atoms with Crippen molar-refractivity contribution in [3.63, 3.8) is 0 Å². The van der Waals surface area contributed by atoms with Crippen molar-refractivity contribution in [3.05, 3.63) is 42.0 Å². The van der Waals surface area contributed by atoms with Crippen molar-refractivity contribution in [2.45, 2.75) is 13.0 Å². The SMILES string of the molecule is C[C@@H](N=Cc1c(O)ccc2ccccc12)C(=O)O. The molecule has 0 aliphatic heterocycles. The highest BCUT2D eigenvalue weighted by molar-refractivity contribution is 6.02. The largest absolute Gasteiger partial charge is 0.507 e. The number of phenols is 1. The van der Waals surface area contributed by atoms with Crippen molar-refractivity contribution in [2.75, 3.05) is 0 Å². The molecule has 1 atom stereocenters. The topological polar surface area (TPSA) is 69.9 Å². The highest BCUT2D eigenvalue weighted by atomic mass is 16.4. The van der Waals surface area contributed by atoms with Gasteiger partial charge < -0.3 is 10.2 Å². The molecule has 0 unspecified atom stereocenters. The minimum absolute atomic E-state index is 0.0926. The molecule has 92 valence electrons. The number of benzene rings is 2. The van der Waals surface area contributed by atoms with Gasteiger partial charge in [0.05, 0.1) is 0 Å². The molecule has 0 fully saturated rings. The van der Waals surface area contributed by atoms with Crippen molar-refractivity contribution in [1.82, 2.24) is 0 Å². The van der Waals surface area contributed by atoms with E-state index >= 15 is 0 Å². The molecule has 2 aromatic rings. The van der Waals surface area contributed by atoms with E-state index in [1.165, 1.54) is 13.1 Å². The highest BCUT2D eigenvalue weighted by Gasteiger charge is 2.09. The van der Waals surface area contributed by atoms with Gasteiger partial charge in [0, 0.05) is 11.8 Å². The summed E-state index contributed by atoms with van der Waals surface area (Å²) in [6, 6.07) is 10.1. The molecule has 0 radical (unpaired) electrons. The van der Waals surface area contributed by atoms with Crippen molar-refractivity contribution >= 4 is 23.0 Å². The normalized spacial score (nSPS) is 12.9. The number of phenolic OH excluding ortho intramolecular Hbond substituents is 1. The van der Waals surface area contributed by atoms with Crippen LogP contribution in [0, 0.1) is 0 Å². The van der Waals surface area contributed by atoms with E-state index in [2.05, 4.69) is 4.99 Å². The Hall–Kier alpha value is -2.36. The Morgan fingerprint density at radius 1 is 1.28 bits per heavy atom. The zero-order valence-electron chi connectivity index (χ0n) is 9.87. The van der Waals surface area contributed by atoms with E-state index < -0.39 is 12.0 Å². The fourth-order valence-corrected chi connectivity index (χ4v) is 1.67. The second-order valence-corrected chi connectivity index (χ2v) is 4.01. The molecule has 4 nitrogen and oxygen atoms in total. The van der Waals surface area contributed by atoms with Gasteiger partial charge in [0.15, 0.2) is 0 Å². The van der Waals surface area contributed by atoms with Gasteiger partial charge in [0.2, 0.25) is 0 Å². The smallest absolute Gasteiger partial charge is 0.328 e. The Balaban J connectivity index is 2.50. The van der Waals surface area contributed by atoms with Crippen LogP contribution >= 0.6 is 0 Å². The van der Waals surface area contributed by atoms with E-state index in [0.717, 1.165) is 10.8 Å². The fourth-order valence-electron chi connectivity index (χ4n) is 1.67. The van der Waals surface area contributed by atoms with Crippen LogP contribution in [0.15, 0.2) is 41.4 Å². The summed E-state index contributed by atoms with van der Waals surface area (Å²) < 4.78 is 0. The summed E-state index contributed by atoms with van der Waals surface area (Å²) in [4.78, 5) is 14.6. The summed E-state index contributed by atoms with van der Waals surface area (Å²) in [5, 5.41) is 20.4. The molecule has 0 bridgehead atoms. The lowest BCUT2D eigenvalue weighted by molar-refractivity contribution is -0.137. The standard InChI is InChI=1S/C14H13NO3/c1-9(14(17)18)15-8-12-11-5-3-2-4-10(11)6-7-13(12)16/h2-9,16H,1H3,(H,17,18)/t9-/m1/s1. The summed E-state index contributed by atoms with van der Waals surface area (Å²) in [6.07, 6.45) is 1.41. The number of nitrogens with zero attached hydrogens (tertiary/aromatic N) is 1. The monoisotopic (exact) mass is 243 g/mol. The Morgan fingerprint density at radius 3 is 2.72 bits per heavy atom. The van der Waals surface area contributed by atoms with Crippen LogP contribution in [0.25, 0.3) is 10.8 Å². The van der Waals surface area contributed by atoms with Crippen LogP contribution in [0.2, 0.25) is 0 Å². The molecule has 0 spiro atoms. The number of hydrogen-bond acceptors (Lipinski definition) is 3. The van der Waals surface area contributed by atoms with E-state index in [4.69, 9.17) is 5.11 Å². The first-order valence-electron chi connectivity index (χ1n) is 5.56. The van der Waals surface area contributed by atoms with Crippen LogP contribution in [0.3, 0.4) is 0 Å². The average molecular weight is 243 g/mol. The van der Waals surface area contributed by atoms with Crippen LogP contribution < -0.4 is 0 Å².